The van der Waals surface area contributed by atoms with E-state index in [1.807, 2.05) is 32.0 Å². The van der Waals surface area contributed by atoms with E-state index in [4.69, 9.17) is 27.9 Å². The Labute approximate surface area is 212 Å². The molecule has 6 atom stereocenters. The number of fused-ring (bicyclic) bond motifs is 5. The van der Waals surface area contributed by atoms with Crippen LogP contribution >= 0.6 is 23.2 Å². The number of nitrogens with one attached hydrogen (secondary N) is 1. The number of rotatable bonds is 5. The number of aryl methyl sites for hydroxylation is 2. The molecule has 1 N–H and O–H groups in total. The maximum absolute atomic E-state index is 13.1. The standard InChI is InChI=1S/C26H24Cl2N2O5/c1-12-4-3-5-13(2)23(12)29-18(31)11-35-26(34)14-6-8-15(9-7-14)30-24(32)19-16-10-17(20(19)25(30)33)22(28)21(16)27/h3-9,16-17,19-22H,10-11H2,1-2H3,(H,29,31)/t16-,17-,19-,20-,21-,22+/m1/s1. The lowest BCUT2D eigenvalue weighted by Crippen LogP contribution is -2.37. The first-order valence-corrected chi connectivity index (χ1v) is 12.4. The van der Waals surface area contributed by atoms with Gasteiger partial charge in [-0.25, -0.2) is 4.79 Å². The average molecular weight is 515 g/mol. The third-order valence-corrected chi connectivity index (χ3v) is 8.75. The molecule has 2 aliphatic carbocycles. The summed E-state index contributed by atoms with van der Waals surface area (Å²) in [4.78, 5) is 52.1. The molecule has 2 saturated carbocycles. The first kappa shape index (κ1) is 23.8. The predicted molar refractivity (Wildman–Crippen MR) is 132 cm³/mol. The third kappa shape index (κ3) is 3.91. The van der Waals surface area contributed by atoms with Gasteiger partial charge in [0.05, 0.1) is 33.8 Å². The molecule has 1 saturated heterocycles. The van der Waals surface area contributed by atoms with E-state index in [1.54, 1.807) is 0 Å². The van der Waals surface area contributed by atoms with E-state index in [1.165, 1.54) is 29.2 Å². The zero-order valence-electron chi connectivity index (χ0n) is 19.2. The van der Waals surface area contributed by atoms with Crippen molar-refractivity contribution in [1.82, 2.24) is 0 Å². The fourth-order valence-corrected chi connectivity index (χ4v) is 6.64. The highest BCUT2D eigenvalue weighted by Crippen LogP contribution is 2.59. The van der Waals surface area contributed by atoms with Gasteiger partial charge in [-0.3, -0.25) is 19.3 Å². The molecule has 3 fully saturated rings. The van der Waals surface area contributed by atoms with Crippen LogP contribution in [0.1, 0.15) is 27.9 Å². The van der Waals surface area contributed by atoms with Crippen molar-refractivity contribution < 1.29 is 23.9 Å². The number of carbonyl (C=O) groups excluding carboxylic acids is 4. The Bertz CT molecular complexity index is 1180. The van der Waals surface area contributed by atoms with E-state index in [9.17, 15) is 19.2 Å². The molecule has 7 nitrogen and oxygen atoms in total. The first-order chi connectivity index (χ1) is 16.7. The second-order valence-electron chi connectivity index (χ2n) is 9.45. The van der Waals surface area contributed by atoms with Crippen LogP contribution in [0.25, 0.3) is 0 Å². The highest BCUT2D eigenvalue weighted by molar-refractivity contribution is 6.32. The molecule has 5 rings (SSSR count). The fraction of sp³-hybridized carbons (Fsp3) is 0.385. The Morgan fingerprint density at radius 2 is 1.49 bits per heavy atom. The molecule has 0 aromatic heterocycles. The lowest BCUT2D eigenvalue weighted by Gasteiger charge is -2.28. The normalized spacial score (nSPS) is 28.9. The van der Waals surface area contributed by atoms with Crippen molar-refractivity contribution in [3.05, 3.63) is 59.2 Å². The minimum absolute atomic E-state index is 0.0977. The number of anilines is 2. The number of amides is 3. The van der Waals surface area contributed by atoms with Gasteiger partial charge in [0.25, 0.3) is 5.91 Å². The van der Waals surface area contributed by atoms with Crippen molar-refractivity contribution >= 4 is 58.3 Å². The van der Waals surface area contributed by atoms with Crippen LogP contribution in [0.4, 0.5) is 11.4 Å². The van der Waals surface area contributed by atoms with Crippen LogP contribution in [0.2, 0.25) is 0 Å². The van der Waals surface area contributed by atoms with Gasteiger partial charge in [-0.2, -0.15) is 0 Å². The van der Waals surface area contributed by atoms with Gasteiger partial charge in [0, 0.05) is 5.69 Å². The quantitative estimate of drug-likeness (QED) is 0.368. The molecule has 3 amide bonds. The van der Waals surface area contributed by atoms with E-state index in [0.29, 0.717) is 17.8 Å². The van der Waals surface area contributed by atoms with Gasteiger partial charge in [-0.1, -0.05) is 18.2 Å². The Morgan fingerprint density at radius 3 is 2.03 bits per heavy atom. The van der Waals surface area contributed by atoms with E-state index >= 15 is 0 Å². The highest BCUT2D eigenvalue weighted by Gasteiger charge is 2.66. The maximum atomic E-state index is 13.1. The van der Waals surface area contributed by atoms with Crippen LogP contribution in [-0.2, 0) is 19.1 Å². The topological polar surface area (TPSA) is 92.8 Å². The zero-order chi connectivity index (χ0) is 25.0. The van der Waals surface area contributed by atoms with Crippen molar-refractivity contribution in [2.75, 3.05) is 16.8 Å². The maximum Gasteiger partial charge on any atom is 0.338 e. The lowest BCUT2D eigenvalue weighted by molar-refractivity contribution is -0.123. The summed E-state index contributed by atoms with van der Waals surface area (Å²) in [6, 6.07) is 11.7. The number of nitrogens with zero attached hydrogens (tertiary/aromatic N) is 1. The molecule has 0 unspecified atom stereocenters. The van der Waals surface area contributed by atoms with Crippen LogP contribution in [-0.4, -0.2) is 41.1 Å². The van der Waals surface area contributed by atoms with Crippen molar-refractivity contribution in [3.63, 3.8) is 0 Å². The summed E-state index contributed by atoms with van der Waals surface area (Å²) in [6.45, 7) is 3.32. The number of imide groups is 1. The largest absolute Gasteiger partial charge is 0.452 e. The van der Waals surface area contributed by atoms with Crippen LogP contribution in [0.3, 0.4) is 0 Å². The molecule has 1 heterocycles. The molecule has 35 heavy (non-hydrogen) atoms. The molecule has 2 bridgehead atoms. The zero-order valence-corrected chi connectivity index (χ0v) is 20.7. The van der Waals surface area contributed by atoms with Gasteiger partial charge < -0.3 is 10.1 Å². The second kappa shape index (κ2) is 8.95. The minimum atomic E-state index is -0.683. The van der Waals surface area contributed by atoms with E-state index in [-0.39, 0.29) is 40.0 Å². The van der Waals surface area contributed by atoms with Crippen LogP contribution in [0.15, 0.2) is 42.5 Å². The Kier molecular flexibility index (Phi) is 6.09. The first-order valence-electron chi connectivity index (χ1n) is 11.5. The lowest BCUT2D eigenvalue weighted by atomic mass is 9.80. The summed E-state index contributed by atoms with van der Waals surface area (Å²) in [5.74, 6) is -2.73. The number of esters is 1. The van der Waals surface area contributed by atoms with Gasteiger partial charge in [0.1, 0.15) is 0 Å². The molecule has 0 spiro atoms. The summed E-state index contributed by atoms with van der Waals surface area (Å²) < 4.78 is 5.14. The fourth-order valence-electron chi connectivity index (χ4n) is 5.75. The minimum Gasteiger partial charge on any atom is -0.452 e. The van der Waals surface area contributed by atoms with E-state index in [2.05, 4.69) is 5.32 Å². The Morgan fingerprint density at radius 1 is 0.943 bits per heavy atom. The van der Waals surface area contributed by atoms with Gasteiger partial charge in [0.2, 0.25) is 11.8 Å². The molecule has 2 aromatic carbocycles. The summed E-state index contributed by atoms with van der Waals surface area (Å²) in [5.41, 5.74) is 3.10. The monoisotopic (exact) mass is 514 g/mol. The van der Waals surface area contributed by atoms with Crippen molar-refractivity contribution in [1.29, 1.82) is 0 Å². The van der Waals surface area contributed by atoms with Gasteiger partial charge in [-0.15, -0.1) is 23.2 Å². The third-order valence-electron chi connectivity index (χ3n) is 7.43. The number of alkyl halides is 2. The number of ether oxygens (including phenoxy) is 1. The van der Waals surface area contributed by atoms with Crippen molar-refractivity contribution in [3.8, 4) is 0 Å². The molecule has 3 aliphatic rings. The molecule has 0 radical (unpaired) electrons. The average Bonchev–Trinajstić information content (AvgIpc) is 3.45. The number of halogens is 2. The summed E-state index contributed by atoms with van der Waals surface area (Å²) >= 11 is 12.8. The molecule has 9 heteroatoms. The van der Waals surface area contributed by atoms with E-state index < -0.39 is 30.3 Å². The number of hydrogen-bond acceptors (Lipinski definition) is 5. The second-order valence-corrected chi connectivity index (χ2v) is 10.5. The van der Waals surface area contributed by atoms with Crippen LogP contribution < -0.4 is 10.2 Å². The van der Waals surface area contributed by atoms with Gasteiger partial charge in [0.15, 0.2) is 6.61 Å². The van der Waals surface area contributed by atoms with Crippen molar-refractivity contribution in [2.24, 2.45) is 23.7 Å². The number of carbonyl (C=O) groups is 4. The van der Waals surface area contributed by atoms with Gasteiger partial charge in [-0.05, 0) is 67.5 Å². The summed E-state index contributed by atoms with van der Waals surface area (Å²) in [7, 11) is 0. The number of benzene rings is 2. The molecular formula is C26H24Cl2N2O5. The Hall–Kier alpha value is -2.90. The summed E-state index contributed by atoms with van der Waals surface area (Å²) in [6.07, 6.45) is 0.699. The molecule has 2 aromatic rings. The SMILES string of the molecule is Cc1cccc(C)c1NC(=O)COC(=O)c1ccc(N2C(=O)[C@@H]3[C@H]4C[C@@H]([C@@H](Cl)[C@H]4Cl)[C@H]3C2=O)cc1. The molecule has 182 valence electrons. The number of para-hydroxylation sites is 1. The van der Waals surface area contributed by atoms with Crippen LogP contribution in [0, 0.1) is 37.5 Å². The van der Waals surface area contributed by atoms with Crippen molar-refractivity contribution in [2.45, 2.75) is 31.0 Å². The highest BCUT2D eigenvalue weighted by atomic mass is 35.5. The van der Waals surface area contributed by atoms with Gasteiger partial charge >= 0.3 is 5.97 Å². The van der Waals surface area contributed by atoms with Crippen LogP contribution in [0.5, 0.6) is 0 Å². The molecule has 1 aliphatic heterocycles. The predicted octanol–water partition coefficient (Wildman–Crippen LogP) is 4.07. The Balaban J connectivity index is 1.22. The summed E-state index contributed by atoms with van der Waals surface area (Å²) in [5, 5.41) is 2.13. The van der Waals surface area contributed by atoms with E-state index in [0.717, 1.165) is 11.1 Å². The molecular weight excluding hydrogens is 491 g/mol. The smallest absolute Gasteiger partial charge is 0.338 e. The number of hydrogen-bond donors (Lipinski definition) is 1.